The zero-order chi connectivity index (χ0) is 43.3. The van der Waals surface area contributed by atoms with Gasteiger partial charge in [-0.1, -0.05) is 240 Å². The van der Waals surface area contributed by atoms with Crippen LogP contribution in [0.15, 0.2) is 0 Å². The van der Waals surface area contributed by atoms with Crippen molar-refractivity contribution in [2.75, 3.05) is 13.2 Å². The Labute approximate surface area is 368 Å². The molecular weight excluding hydrogens is 731 g/mol. The van der Waals surface area contributed by atoms with Crippen LogP contribution in [0.3, 0.4) is 0 Å². The van der Waals surface area contributed by atoms with Crippen molar-refractivity contribution >= 4 is 17.8 Å². The lowest BCUT2D eigenvalue weighted by Crippen LogP contribution is -2.42. The Morgan fingerprint density at radius 3 is 1.02 bits per heavy atom. The third-order valence-corrected chi connectivity index (χ3v) is 12.6. The summed E-state index contributed by atoms with van der Waals surface area (Å²) in [5.74, 6) is -0.0379. The number of ether oxygens (including phenoxy) is 2. The molecule has 6 nitrogen and oxygen atoms in total. The van der Waals surface area contributed by atoms with Gasteiger partial charge >= 0.3 is 11.9 Å². The second kappa shape index (κ2) is 45.9. The minimum atomic E-state index is -0.820. The zero-order valence-corrected chi connectivity index (χ0v) is 40.5. The number of unbranched alkanes of at least 4 members (excludes halogenated alkanes) is 28. The zero-order valence-electron chi connectivity index (χ0n) is 40.5. The van der Waals surface area contributed by atoms with Gasteiger partial charge < -0.3 is 14.8 Å². The predicted molar refractivity (Wildman–Crippen MR) is 254 cm³/mol. The minimum absolute atomic E-state index is 0.109. The Morgan fingerprint density at radius 2 is 0.661 bits per heavy atom. The summed E-state index contributed by atoms with van der Waals surface area (Å²) < 4.78 is 12.0. The Kier molecular flexibility index (Phi) is 44.7. The van der Waals surface area contributed by atoms with Gasteiger partial charge in [-0.25, -0.2) is 4.79 Å². The highest BCUT2D eigenvalue weighted by atomic mass is 16.5. The quantitative estimate of drug-likeness (QED) is 0.0488. The van der Waals surface area contributed by atoms with E-state index in [-0.39, 0.29) is 24.7 Å². The third kappa shape index (κ3) is 40.3. The molecule has 0 unspecified atom stereocenters. The second-order valence-electron chi connectivity index (χ2n) is 18.5. The molecule has 0 heterocycles. The number of carbonyl (C=O) groups excluding carboxylic acids is 3. The van der Waals surface area contributed by atoms with Crippen LogP contribution >= 0.6 is 0 Å². The van der Waals surface area contributed by atoms with Gasteiger partial charge in [0.05, 0.1) is 13.2 Å². The van der Waals surface area contributed by atoms with Crippen LogP contribution in [0.2, 0.25) is 0 Å². The lowest BCUT2D eigenvalue weighted by molar-refractivity contribution is -0.150. The van der Waals surface area contributed by atoms with E-state index in [0.29, 0.717) is 31.5 Å². The number of hydrogen-bond acceptors (Lipinski definition) is 5. The average Bonchev–Trinajstić information content (AvgIpc) is 3.23. The van der Waals surface area contributed by atoms with Gasteiger partial charge in [0, 0.05) is 12.8 Å². The average molecular weight is 834 g/mol. The van der Waals surface area contributed by atoms with Crippen LogP contribution in [0.1, 0.15) is 291 Å². The summed E-state index contributed by atoms with van der Waals surface area (Å²) in [5.41, 5.74) is 0. The molecule has 1 atom stereocenters. The van der Waals surface area contributed by atoms with Crippen LogP contribution in [0.5, 0.6) is 0 Å². The van der Waals surface area contributed by atoms with E-state index in [9.17, 15) is 14.4 Å². The molecular formula is C53H103NO5. The van der Waals surface area contributed by atoms with E-state index in [1.807, 2.05) is 0 Å². The number of esters is 2. The lowest BCUT2D eigenvalue weighted by Gasteiger charge is -2.21. The Balaban J connectivity index is 5.36. The molecule has 0 aromatic carbocycles. The predicted octanol–water partition coefficient (Wildman–Crippen LogP) is 16.5. The van der Waals surface area contributed by atoms with Crippen molar-refractivity contribution in [3.63, 3.8) is 0 Å². The van der Waals surface area contributed by atoms with Gasteiger partial charge in [0.25, 0.3) is 0 Å². The van der Waals surface area contributed by atoms with Gasteiger partial charge in [-0.05, 0) is 50.4 Å². The number of hydrogen-bond donors (Lipinski definition) is 1. The van der Waals surface area contributed by atoms with E-state index in [4.69, 9.17) is 9.47 Å². The van der Waals surface area contributed by atoms with Gasteiger partial charge in [0.1, 0.15) is 6.04 Å². The topological polar surface area (TPSA) is 81.7 Å². The molecule has 0 rings (SSSR count). The second-order valence-corrected chi connectivity index (χ2v) is 18.5. The standard InChI is InChI=1S/C53H103NO5/c1-6-11-16-21-26-27-28-33-38-43-51(55)54-50(53(57)59-47-49(41-36-31-24-19-14-9-4)42-37-32-25-20-15-10-5)44-45-52(56)58-46-48(39-34-29-22-17-12-7-2)40-35-30-23-18-13-8-3/h48-50H,6-47H2,1-5H3,(H,54,55)/t50-/m0/s1. The van der Waals surface area contributed by atoms with Crippen molar-refractivity contribution in [2.24, 2.45) is 11.8 Å². The molecule has 1 N–H and O–H groups in total. The first kappa shape index (κ1) is 57.4. The largest absolute Gasteiger partial charge is 0.465 e. The van der Waals surface area contributed by atoms with Crippen molar-refractivity contribution in [1.29, 1.82) is 0 Å². The summed E-state index contributed by atoms with van der Waals surface area (Å²) in [6.07, 6.45) is 46.1. The lowest BCUT2D eigenvalue weighted by atomic mass is 9.94. The van der Waals surface area contributed by atoms with Crippen LogP contribution in [0.25, 0.3) is 0 Å². The maximum atomic E-state index is 13.7. The van der Waals surface area contributed by atoms with E-state index >= 15 is 0 Å². The molecule has 0 aliphatic heterocycles. The first-order valence-corrected chi connectivity index (χ1v) is 26.5. The van der Waals surface area contributed by atoms with E-state index < -0.39 is 12.0 Å². The first-order valence-electron chi connectivity index (χ1n) is 26.5. The van der Waals surface area contributed by atoms with E-state index in [2.05, 4.69) is 39.9 Å². The molecule has 0 saturated heterocycles. The Morgan fingerprint density at radius 1 is 0.356 bits per heavy atom. The van der Waals surface area contributed by atoms with Gasteiger partial charge in [0.15, 0.2) is 0 Å². The fourth-order valence-electron chi connectivity index (χ4n) is 8.43. The maximum absolute atomic E-state index is 13.7. The number of amides is 1. The van der Waals surface area contributed by atoms with E-state index in [1.54, 1.807) is 0 Å². The van der Waals surface area contributed by atoms with Crippen LogP contribution in [0, 0.1) is 11.8 Å². The monoisotopic (exact) mass is 834 g/mol. The molecule has 0 radical (unpaired) electrons. The smallest absolute Gasteiger partial charge is 0.328 e. The molecule has 0 saturated carbocycles. The highest BCUT2D eigenvalue weighted by molar-refractivity contribution is 5.85. The maximum Gasteiger partial charge on any atom is 0.328 e. The van der Waals surface area contributed by atoms with Gasteiger partial charge in [-0.15, -0.1) is 0 Å². The van der Waals surface area contributed by atoms with Crippen molar-refractivity contribution in [1.82, 2.24) is 5.32 Å². The molecule has 59 heavy (non-hydrogen) atoms. The van der Waals surface area contributed by atoms with Gasteiger partial charge in [-0.2, -0.15) is 0 Å². The van der Waals surface area contributed by atoms with Gasteiger partial charge in [0.2, 0.25) is 5.91 Å². The number of nitrogens with one attached hydrogen (secondary N) is 1. The minimum Gasteiger partial charge on any atom is -0.465 e. The van der Waals surface area contributed by atoms with Crippen molar-refractivity contribution in [3.8, 4) is 0 Å². The number of rotatable bonds is 47. The SMILES string of the molecule is CCCCCCCCCCCC(=O)N[C@@H](CCC(=O)OCC(CCCCCCCC)CCCCCCCC)C(=O)OCC(CCCCCCCC)CCCCCCCC. The third-order valence-electron chi connectivity index (χ3n) is 12.6. The normalized spacial score (nSPS) is 12.1. The molecule has 350 valence electrons. The Bertz CT molecular complexity index is 876. The van der Waals surface area contributed by atoms with Crippen LogP contribution < -0.4 is 5.32 Å². The summed E-state index contributed by atoms with van der Waals surface area (Å²) >= 11 is 0. The Hall–Kier alpha value is -1.59. The summed E-state index contributed by atoms with van der Waals surface area (Å²) in [6.45, 7) is 12.1. The van der Waals surface area contributed by atoms with Gasteiger partial charge in [-0.3, -0.25) is 9.59 Å². The summed E-state index contributed by atoms with van der Waals surface area (Å²) in [5, 5.41) is 3.01. The highest BCUT2D eigenvalue weighted by Crippen LogP contribution is 2.22. The van der Waals surface area contributed by atoms with E-state index in [0.717, 1.165) is 44.9 Å². The summed E-state index contributed by atoms with van der Waals surface area (Å²) in [7, 11) is 0. The molecule has 0 fully saturated rings. The molecule has 0 aliphatic carbocycles. The molecule has 0 aromatic heterocycles. The molecule has 6 heteroatoms. The van der Waals surface area contributed by atoms with Crippen LogP contribution in [-0.4, -0.2) is 37.1 Å². The molecule has 0 bridgehead atoms. The molecule has 1 amide bonds. The van der Waals surface area contributed by atoms with Crippen LogP contribution in [-0.2, 0) is 23.9 Å². The fraction of sp³-hybridized carbons (Fsp3) is 0.943. The first-order chi connectivity index (χ1) is 28.9. The van der Waals surface area contributed by atoms with Crippen molar-refractivity contribution < 1.29 is 23.9 Å². The van der Waals surface area contributed by atoms with E-state index in [1.165, 1.54) is 193 Å². The summed E-state index contributed by atoms with van der Waals surface area (Å²) in [4.78, 5) is 40.1. The van der Waals surface area contributed by atoms with Crippen molar-refractivity contribution in [2.45, 2.75) is 297 Å². The number of carbonyl (C=O) groups is 3. The molecule has 0 aliphatic rings. The highest BCUT2D eigenvalue weighted by Gasteiger charge is 2.25. The molecule has 0 aromatic rings. The fourth-order valence-corrected chi connectivity index (χ4v) is 8.43. The van der Waals surface area contributed by atoms with Crippen LogP contribution in [0.4, 0.5) is 0 Å². The molecule has 0 spiro atoms. The summed E-state index contributed by atoms with van der Waals surface area (Å²) in [6, 6.07) is -0.820. The van der Waals surface area contributed by atoms with Crippen molar-refractivity contribution in [3.05, 3.63) is 0 Å².